The van der Waals surface area contributed by atoms with Crippen molar-refractivity contribution in [1.29, 1.82) is 0 Å². The van der Waals surface area contributed by atoms with Crippen molar-refractivity contribution in [3.63, 3.8) is 0 Å². The molecule has 0 saturated carbocycles. The van der Waals surface area contributed by atoms with E-state index >= 15 is 0 Å². The molecule has 0 N–H and O–H groups in total. The first-order chi connectivity index (χ1) is 7.47. The maximum absolute atomic E-state index is 12.6. The van der Waals surface area contributed by atoms with E-state index in [4.69, 9.17) is 4.74 Å². The molecule has 0 heterocycles. The molecule has 1 rings (SSSR count). The molecule has 1 aromatic carbocycles. The number of alkyl halides is 2. The third kappa shape index (κ3) is 2.78. The number of Topliss-reactive ketones (excluding diaryl/α,β-unsaturated/α-hetero) is 1. The zero-order valence-electron chi connectivity index (χ0n) is 8.89. The second kappa shape index (κ2) is 5.39. The minimum Gasteiger partial charge on any atom is -0.493 e. The average Bonchev–Trinajstić information content (AvgIpc) is 2.20. The molecule has 0 aliphatic rings. The summed E-state index contributed by atoms with van der Waals surface area (Å²) in [4.78, 5) is 11.3. The molecule has 0 aliphatic heterocycles. The molecule has 0 radical (unpaired) electrons. The van der Waals surface area contributed by atoms with Crippen molar-refractivity contribution >= 4 is 21.7 Å². The smallest absolute Gasteiger partial charge is 0.264 e. The van der Waals surface area contributed by atoms with E-state index < -0.39 is 6.43 Å². The summed E-state index contributed by atoms with van der Waals surface area (Å²) in [7, 11) is 0. The van der Waals surface area contributed by atoms with E-state index in [0.29, 0.717) is 11.1 Å². The standard InChI is InChI=1S/C11H11BrF2O2/c1-3-16-9-5-7(11(13)14)4-8(6(2)15)10(9)12/h4-5,11H,3H2,1-2H3. The number of hydrogen-bond acceptors (Lipinski definition) is 2. The van der Waals surface area contributed by atoms with E-state index in [1.807, 2.05) is 0 Å². The van der Waals surface area contributed by atoms with Crippen LogP contribution in [0.5, 0.6) is 5.75 Å². The Bertz CT molecular complexity index is 405. The summed E-state index contributed by atoms with van der Waals surface area (Å²) in [6, 6.07) is 2.42. The van der Waals surface area contributed by atoms with Crippen LogP contribution in [0.4, 0.5) is 8.78 Å². The van der Waals surface area contributed by atoms with Crippen LogP contribution in [0.2, 0.25) is 0 Å². The molecular formula is C11H11BrF2O2. The van der Waals surface area contributed by atoms with Crippen LogP contribution in [0.15, 0.2) is 16.6 Å². The second-order valence-electron chi connectivity index (χ2n) is 3.17. The van der Waals surface area contributed by atoms with Crippen LogP contribution in [0, 0.1) is 0 Å². The molecule has 0 unspecified atom stereocenters. The highest BCUT2D eigenvalue weighted by Crippen LogP contribution is 2.34. The third-order valence-electron chi connectivity index (χ3n) is 1.99. The van der Waals surface area contributed by atoms with Crippen molar-refractivity contribution in [2.24, 2.45) is 0 Å². The summed E-state index contributed by atoms with van der Waals surface area (Å²) in [6.45, 7) is 3.42. The SMILES string of the molecule is CCOc1cc(C(F)F)cc(C(C)=O)c1Br. The van der Waals surface area contributed by atoms with E-state index in [2.05, 4.69) is 15.9 Å². The fourth-order valence-electron chi connectivity index (χ4n) is 1.26. The second-order valence-corrected chi connectivity index (χ2v) is 3.96. The van der Waals surface area contributed by atoms with Crippen LogP contribution in [0.3, 0.4) is 0 Å². The Balaban J connectivity index is 3.32. The molecule has 0 aliphatic carbocycles. The minimum absolute atomic E-state index is 0.209. The highest BCUT2D eigenvalue weighted by molar-refractivity contribution is 9.10. The van der Waals surface area contributed by atoms with Gasteiger partial charge in [0.05, 0.1) is 11.1 Å². The Morgan fingerprint density at radius 1 is 1.50 bits per heavy atom. The van der Waals surface area contributed by atoms with Crippen LogP contribution in [0.25, 0.3) is 0 Å². The Hall–Kier alpha value is -0.970. The van der Waals surface area contributed by atoms with Gasteiger partial charge in [0.25, 0.3) is 6.43 Å². The zero-order chi connectivity index (χ0) is 12.3. The molecule has 0 atom stereocenters. The average molecular weight is 293 g/mol. The number of ether oxygens (including phenoxy) is 1. The highest BCUT2D eigenvalue weighted by atomic mass is 79.9. The quantitative estimate of drug-likeness (QED) is 0.785. The summed E-state index contributed by atoms with van der Waals surface area (Å²) < 4.78 is 30.8. The summed E-state index contributed by atoms with van der Waals surface area (Å²) in [6.07, 6.45) is -2.62. The number of hydrogen-bond donors (Lipinski definition) is 0. The van der Waals surface area contributed by atoms with Gasteiger partial charge in [0, 0.05) is 11.1 Å². The molecule has 1 aromatic rings. The van der Waals surface area contributed by atoms with Crippen molar-refractivity contribution in [3.8, 4) is 5.75 Å². The lowest BCUT2D eigenvalue weighted by atomic mass is 10.1. The van der Waals surface area contributed by atoms with Crippen molar-refractivity contribution < 1.29 is 18.3 Å². The Labute approximate surface area is 101 Å². The lowest BCUT2D eigenvalue weighted by Gasteiger charge is -2.11. The predicted octanol–water partition coefficient (Wildman–Crippen LogP) is 3.99. The normalized spacial score (nSPS) is 10.6. The first-order valence-corrected chi connectivity index (χ1v) is 5.52. The number of ketones is 1. The van der Waals surface area contributed by atoms with Crippen LogP contribution in [-0.2, 0) is 0 Å². The van der Waals surface area contributed by atoms with Gasteiger partial charge in [-0.25, -0.2) is 8.78 Å². The number of halogens is 3. The molecule has 16 heavy (non-hydrogen) atoms. The van der Waals surface area contributed by atoms with E-state index in [9.17, 15) is 13.6 Å². The highest BCUT2D eigenvalue weighted by Gasteiger charge is 2.17. The van der Waals surface area contributed by atoms with Crippen molar-refractivity contribution in [2.75, 3.05) is 6.61 Å². The van der Waals surface area contributed by atoms with E-state index in [-0.39, 0.29) is 22.7 Å². The Kier molecular flexibility index (Phi) is 4.41. The van der Waals surface area contributed by atoms with Crippen LogP contribution >= 0.6 is 15.9 Å². The molecule has 0 bridgehead atoms. The van der Waals surface area contributed by atoms with Gasteiger partial charge in [0.1, 0.15) is 5.75 Å². The lowest BCUT2D eigenvalue weighted by Crippen LogP contribution is -2.01. The first kappa shape index (κ1) is 13.1. The van der Waals surface area contributed by atoms with Crippen molar-refractivity contribution in [3.05, 3.63) is 27.7 Å². The fourth-order valence-corrected chi connectivity index (χ4v) is 1.88. The Morgan fingerprint density at radius 3 is 2.56 bits per heavy atom. The number of carbonyl (C=O) groups is 1. The van der Waals surface area contributed by atoms with Gasteiger partial charge >= 0.3 is 0 Å². The van der Waals surface area contributed by atoms with Gasteiger partial charge in [-0.3, -0.25) is 4.79 Å². The molecule has 5 heteroatoms. The van der Waals surface area contributed by atoms with Gasteiger partial charge in [-0.05, 0) is 41.9 Å². The van der Waals surface area contributed by atoms with Crippen molar-refractivity contribution in [2.45, 2.75) is 20.3 Å². The van der Waals surface area contributed by atoms with Crippen LogP contribution < -0.4 is 4.74 Å². The first-order valence-electron chi connectivity index (χ1n) is 4.72. The monoisotopic (exact) mass is 292 g/mol. The van der Waals surface area contributed by atoms with Gasteiger partial charge in [-0.15, -0.1) is 0 Å². The molecule has 2 nitrogen and oxygen atoms in total. The Morgan fingerprint density at radius 2 is 2.12 bits per heavy atom. The molecule has 0 spiro atoms. The number of carbonyl (C=O) groups excluding carboxylic acids is 1. The summed E-state index contributed by atoms with van der Waals surface area (Å²) in [5.41, 5.74) is -0.00176. The fraction of sp³-hybridized carbons (Fsp3) is 0.364. The van der Waals surface area contributed by atoms with E-state index in [0.717, 1.165) is 0 Å². The van der Waals surface area contributed by atoms with Gasteiger partial charge in [-0.1, -0.05) is 0 Å². The summed E-state index contributed by atoms with van der Waals surface area (Å²) >= 11 is 3.18. The molecule has 0 amide bonds. The summed E-state index contributed by atoms with van der Waals surface area (Å²) in [5.74, 6) is -0.0131. The maximum atomic E-state index is 12.6. The van der Waals surface area contributed by atoms with E-state index in [1.54, 1.807) is 6.92 Å². The van der Waals surface area contributed by atoms with E-state index in [1.165, 1.54) is 19.1 Å². The van der Waals surface area contributed by atoms with Gasteiger partial charge in [0.2, 0.25) is 0 Å². The molecule has 0 aromatic heterocycles. The number of rotatable bonds is 4. The third-order valence-corrected chi connectivity index (χ3v) is 2.81. The topological polar surface area (TPSA) is 26.3 Å². The van der Waals surface area contributed by atoms with Crippen LogP contribution in [0.1, 0.15) is 36.2 Å². The lowest BCUT2D eigenvalue weighted by molar-refractivity contribution is 0.101. The molecular weight excluding hydrogens is 282 g/mol. The van der Waals surface area contributed by atoms with Gasteiger partial charge in [0.15, 0.2) is 5.78 Å². The molecule has 88 valence electrons. The van der Waals surface area contributed by atoms with Gasteiger partial charge < -0.3 is 4.74 Å². The summed E-state index contributed by atoms with van der Waals surface area (Å²) in [5, 5.41) is 0. The minimum atomic E-state index is -2.62. The van der Waals surface area contributed by atoms with Crippen molar-refractivity contribution in [1.82, 2.24) is 0 Å². The molecule has 0 fully saturated rings. The number of benzene rings is 1. The largest absolute Gasteiger partial charge is 0.493 e. The zero-order valence-corrected chi connectivity index (χ0v) is 10.5. The molecule has 0 saturated heterocycles. The van der Waals surface area contributed by atoms with Gasteiger partial charge in [-0.2, -0.15) is 0 Å². The van der Waals surface area contributed by atoms with Crippen LogP contribution in [-0.4, -0.2) is 12.4 Å². The predicted molar refractivity (Wildman–Crippen MR) is 60.3 cm³/mol. The maximum Gasteiger partial charge on any atom is 0.264 e.